The molecule has 0 unspecified atom stereocenters. The van der Waals surface area contributed by atoms with Crippen molar-refractivity contribution in [3.8, 4) is 0 Å². The fourth-order valence-electron chi connectivity index (χ4n) is 0. The van der Waals surface area contributed by atoms with Crippen molar-refractivity contribution in [3.05, 3.63) is 6.26 Å². The van der Waals surface area contributed by atoms with Gasteiger partial charge in [0.2, 0.25) is 0 Å². The summed E-state index contributed by atoms with van der Waals surface area (Å²) in [6.45, 7) is 0. The molecule has 0 spiro atoms. The first-order valence-electron chi connectivity index (χ1n) is 1.20. The average molecular weight is 116 g/mol. The Balaban J connectivity index is 0. The predicted octanol–water partition coefficient (Wildman–Crippen LogP) is -3.24. The Morgan fingerprint density at radius 1 is 1.57 bits per heavy atom. The molecule has 0 aliphatic heterocycles. The molecular formula is C2H5LiO3S. The third-order valence-corrected chi connectivity index (χ3v) is 0.762. The van der Waals surface area contributed by atoms with Crippen LogP contribution in [0, 0.1) is 6.26 Å². The molecule has 0 bridgehead atoms. The minimum absolute atomic E-state index is 0. The van der Waals surface area contributed by atoms with Crippen molar-refractivity contribution in [2.24, 2.45) is 0 Å². The molecule has 7 heavy (non-hydrogen) atoms. The molecule has 0 saturated carbocycles. The summed E-state index contributed by atoms with van der Waals surface area (Å²) in [6, 6.07) is 0. The van der Waals surface area contributed by atoms with E-state index in [0.29, 0.717) is 0 Å². The van der Waals surface area contributed by atoms with Crippen LogP contribution >= 0.6 is 0 Å². The topological polar surface area (TPSA) is 43.4 Å². The van der Waals surface area contributed by atoms with Crippen molar-refractivity contribution in [1.29, 1.82) is 0 Å². The van der Waals surface area contributed by atoms with E-state index in [0.717, 1.165) is 7.11 Å². The molecule has 0 rings (SSSR count). The first kappa shape index (κ1) is 10.5. The number of hydrogen-bond donors (Lipinski definition) is 0. The first-order valence-corrected chi connectivity index (χ1v) is 2.77. The number of rotatable bonds is 1. The molecule has 0 N–H and O–H groups in total. The van der Waals surface area contributed by atoms with Crippen molar-refractivity contribution in [2.45, 2.75) is 0 Å². The Hall–Kier alpha value is 0.507. The third-order valence-electron chi connectivity index (χ3n) is 0.254. The Kier molecular flexibility index (Phi) is 5.24. The van der Waals surface area contributed by atoms with Crippen LogP contribution in [0.25, 0.3) is 0 Å². The van der Waals surface area contributed by atoms with Crippen LogP contribution in [0.15, 0.2) is 0 Å². The van der Waals surface area contributed by atoms with Crippen molar-refractivity contribution < 1.29 is 31.5 Å². The second-order valence-electron chi connectivity index (χ2n) is 0.724. The van der Waals surface area contributed by atoms with Gasteiger partial charge in [-0.1, -0.05) is 0 Å². The standard InChI is InChI=1S/C2H5O3S.Li/c1-5-6(2,3)4;/h2H2,1H3;/q-1;+1. The van der Waals surface area contributed by atoms with E-state index in [1.165, 1.54) is 0 Å². The minimum atomic E-state index is -3.41. The van der Waals surface area contributed by atoms with Crippen LogP contribution in [-0.2, 0) is 14.3 Å². The monoisotopic (exact) mass is 116 g/mol. The molecule has 0 atom stereocenters. The van der Waals surface area contributed by atoms with Gasteiger partial charge in [0.1, 0.15) is 10.1 Å². The van der Waals surface area contributed by atoms with Gasteiger partial charge in [-0.05, 0) is 0 Å². The molecule has 5 heteroatoms. The molecule has 0 aromatic carbocycles. The molecule has 3 nitrogen and oxygen atoms in total. The van der Waals surface area contributed by atoms with E-state index < -0.39 is 10.1 Å². The maximum atomic E-state index is 9.67. The van der Waals surface area contributed by atoms with Crippen LogP contribution in [0.3, 0.4) is 0 Å². The van der Waals surface area contributed by atoms with Crippen LogP contribution in [0.5, 0.6) is 0 Å². The first-order chi connectivity index (χ1) is 2.56. The molecule has 0 aliphatic carbocycles. The van der Waals surface area contributed by atoms with E-state index >= 15 is 0 Å². The van der Waals surface area contributed by atoms with E-state index in [1.54, 1.807) is 0 Å². The van der Waals surface area contributed by atoms with Gasteiger partial charge in [-0.3, -0.25) is 4.18 Å². The Labute approximate surface area is 55.3 Å². The number of hydrogen-bond acceptors (Lipinski definition) is 3. The van der Waals surface area contributed by atoms with E-state index in [-0.39, 0.29) is 18.9 Å². The van der Waals surface area contributed by atoms with Crippen LogP contribution in [0.2, 0.25) is 0 Å². The Morgan fingerprint density at radius 2 is 1.71 bits per heavy atom. The van der Waals surface area contributed by atoms with E-state index in [9.17, 15) is 8.42 Å². The molecule has 0 fully saturated rings. The van der Waals surface area contributed by atoms with Gasteiger partial charge < -0.3 is 0 Å². The van der Waals surface area contributed by atoms with Gasteiger partial charge in [0.25, 0.3) is 0 Å². The molecule has 0 amide bonds. The Bertz CT molecular complexity index is 115. The van der Waals surface area contributed by atoms with Gasteiger partial charge in [-0.2, -0.15) is 6.26 Å². The molecule has 0 aliphatic rings. The maximum Gasteiger partial charge on any atom is 1.00 e. The minimum Gasteiger partial charge on any atom is -0.297 e. The predicted molar refractivity (Wildman–Crippen MR) is 21.3 cm³/mol. The van der Waals surface area contributed by atoms with Crippen LogP contribution in [0.1, 0.15) is 0 Å². The summed E-state index contributed by atoms with van der Waals surface area (Å²) in [5, 5.41) is 0. The van der Waals surface area contributed by atoms with Crippen molar-refractivity contribution in [1.82, 2.24) is 0 Å². The van der Waals surface area contributed by atoms with Gasteiger partial charge in [0.05, 0.1) is 7.11 Å². The van der Waals surface area contributed by atoms with E-state index in [4.69, 9.17) is 0 Å². The smallest absolute Gasteiger partial charge is 0.297 e. The summed E-state index contributed by atoms with van der Waals surface area (Å²) in [4.78, 5) is 0. The quantitative estimate of drug-likeness (QED) is 0.205. The van der Waals surface area contributed by atoms with E-state index in [1.807, 2.05) is 0 Å². The summed E-state index contributed by atoms with van der Waals surface area (Å²) in [6.07, 6.45) is 2.64. The van der Waals surface area contributed by atoms with Crippen LogP contribution in [-0.4, -0.2) is 15.5 Å². The van der Waals surface area contributed by atoms with Crippen LogP contribution < -0.4 is 18.9 Å². The molecule has 0 aromatic rings. The van der Waals surface area contributed by atoms with Crippen molar-refractivity contribution in [2.75, 3.05) is 7.11 Å². The Morgan fingerprint density at radius 3 is 1.71 bits per heavy atom. The summed E-state index contributed by atoms with van der Waals surface area (Å²) in [5.74, 6) is 0. The third kappa shape index (κ3) is 10.7. The fraction of sp³-hybridized carbons (Fsp3) is 0.500. The molecule has 0 saturated heterocycles. The van der Waals surface area contributed by atoms with Gasteiger partial charge in [-0.15, -0.1) is 0 Å². The molecular weight excluding hydrogens is 111 g/mol. The van der Waals surface area contributed by atoms with Gasteiger partial charge in [0.15, 0.2) is 0 Å². The maximum absolute atomic E-state index is 9.67. The molecule has 0 aromatic heterocycles. The molecule has 0 radical (unpaired) electrons. The van der Waals surface area contributed by atoms with Gasteiger partial charge in [0, 0.05) is 0 Å². The van der Waals surface area contributed by atoms with Crippen molar-refractivity contribution >= 4 is 10.1 Å². The fourth-order valence-corrected chi connectivity index (χ4v) is 0. The second kappa shape index (κ2) is 3.50. The zero-order valence-electron chi connectivity index (χ0n) is 4.34. The van der Waals surface area contributed by atoms with Gasteiger partial charge >= 0.3 is 18.9 Å². The average Bonchev–Trinajstić information content (AvgIpc) is 1.35. The summed E-state index contributed by atoms with van der Waals surface area (Å²) < 4.78 is 23.1. The molecule has 38 valence electrons. The SMILES string of the molecule is [CH2-]S(=O)(=O)OC.[Li+]. The largest absolute Gasteiger partial charge is 1.00 e. The van der Waals surface area contributed by atoms with E-state index in [2.05, 4.69) is 10.4 Å². The van der Waals surface area contributed by atoms with Crippen molar-refractivity contribution in [3.63, 3.8) is 0 Å². The van der Waals surface area contributed by atoms with Gasteiger partial charge in [-0.25, -0.2) is 8.42 Å². The summed E-state index contributed by atoms with van der Waals surface area (Å²) in [7, 11) is -2.35. The summed E-state index contributed by atoms with van der Waals surface area (Å²) >= 11 is 0. The molecule has 0 heterocycles. The zero-order valence-corrected chi connectivity index (χ0v) is 5.16. The normalized spacial score (nSPS) is 10.0. The summed E-state index contributed by atoms with van der Waals surface area (Å²) in [5.41, 5.74) is 0. The zero-order chi connectivity index (χ0) is 5.21. The second-order valence-corrected chi connectivity index (χ2v) is 2.17. The van der Waals surface area contributed by atoms with Crippen LogP contribution in [0.4, 0.5) is 0 Å².